The monoisotopic (exact) mass is 183 g/mol. The van der Waals surface area contributed by atoms with E-state index in [2.05, 4.69) is 0 Å². The molecule has 0 aliphatic rings. The first kappa shape index (κ1) is 9.06. The third kappa shape index (κ3) is 1.76. The van der Waals surface area contributed by atoms with E-state index in [9.17, 15) is 10.1 Å². The summed E-state index contributed by atoms with van der Waals surface area (Å²) in [4.78, 5) is 11.1. The quantitative estimate of drug-likeness (QED) is 0.402. The van der Waals surface area contributed by atoms with Crippen molar-refractivity contribution in [2.45, 2.75) is 11.8 Å². The van der Waals surface area contributed by atoms with Crippen LogP contribution in [-0.4, -0.2) is 11.2 Å². The van der Waals surface area contributed by atoms with Crippen molar-refractivity contribution in [3.05, 3.63) is 33.9 Å². The van der Waals surface area contributed by atoms with Crippen LogP contribution in [0.2, 0.25) is 0 Å². The van der Waals surface area contributed by atoms with Gasteiger partial charge in [0.2, 0.25) is 0 Å². The number of benzene rings is 1. The van der Waals surface area contributed by atoms with Gasteiger partial charge in [-0.2, -0.15) is 0 Å². The van der Waals surface area contributed by atoms with Gasteiger partial charge in [-0.05, 0) is 24.8 Å². The van der Waals surface area contributed by atoms with Crippen LogP contribution in [0.5, 0.6) is 0 Å². The van der Waals surface area contributed by atoms with Crippen LogP contribution in [0.25, 0.3) is 0 Å². The Hall–Kier alpha value is -1.03. The third-order valence-electron chi connectivity index (χ3n) is 1.59. The predicted octanol–water partition coefficient (Wildman–Crippen LogP) is 2.63. The number of aryl methyl sites for hydroxylation is 1. The largest absolute Gasteiger partial charge is 0.269 e. The highest BCUT2D eigenvalue weighted by atomic mass is 32.2. The first-order valence-corrected chi connectivity index (χ1v) is 4.66. The van der Waals surface area contributed by atoms with E-state index >= 15 is 0 Å². The molecule has 1 aromatic rings. The Kier molecular flexibility index (Phi) is 2.70. The summed E-state index contributed by atoms with van der Waals surface area (Å²) in [6, 6.07) is 4.89. The van der Waals surface area contributed by atoms with Crippen LogP contribution in [0, 0.1) is 17.0 Å². The molecule has 0 radical (unpaired) electrons. The second kappa shape index (κ2) is 3.58. The van der Waals surface area contributed by atoms with E-state index < -0.39 is 0 Å². The Morgan fingerprint density at radius 3 is 2.58 bits per heavy atom. The van der Waals surface area contributed by atoms with Gasteiger partial charge in [0.1, 0.15) is 0 Å². The number of non-ortho nitro benzene ring substituents is 1. The van der Waals surface area contributed by atoms with Crippen molar-refractivity contribution in [2.24, 2.45) is 0 Å². The van der Waals surface area contributed by atoms with Gasteiger partial charge >= 0.3 is 0 Å². The molecule has 1 rings (SSSR count). The average Bonchev–Trinajstić information content (AvgIpc) is 2.04. The van der Waals surface area contributed by atoms with E-state index in [-0.39, 0.29) is 10.6 Å². The maximum atomic E-state index is 10.4. The van der Waals surface area contributed by atoms with Crippen LogP contribution < -0.4 is 0 Å². The summed E-state index contributed by atoms with van der Waals surface area (Å²) in [6.07, 6.45) is 1.95. The highest BCUT2D eigenvalue weighted by Gasteiger charge is 2.06. The van der Waals surface area contributed by atoms with E-state index in [0.29, 0.717) is 0 Å². The van der Waals surface area contributed by atoms with Gasteiger partial charge < -0.3 is 0 Å². The standard InChI is InChI=1S/C8H9NO2S/c1-6-5-7(9(10)11)3-4-8(6)12-2/h3-5H,1-2H3. The molecular formula is C8H9NO2S. The highest BCUT2D eigenvalue weighted by molar-refractivity contribution is 7.98. The van der Waals surface area contributed by atoms with Crippen LogP contribution in [0.4, 0.5) is 5.69 Å². The molecule has 0 heterocycles. The number of nitrogens with zero attached hydrogens (tertiary/aromatic N) is 1. The van der Waals surface area contributed by atoms with Crippen molar-refractivity contribution in [1.82, 2.24) is 0 Å². The second-order valence-corrected chi connectivity index (χ2v) is 3.26. The van der Waals surface area contributed by atoms with E-state index in [1.54, 1.807) is 23.9 Å². The summed E-state index contributed by atoms with van der Waals surface area (Å²) in [5, 5.41) is 10.4. The minimum absolute atomic E-state index is 0.158. The van der Waals surface area contributed by atoms with Gasteiger partial charge in [-0.3, -0.25) is 10.1 Å². The molecule has 0 N–H and O–H groups in total. The molecular weight excluding hydrogens is 174 g/mol. The lowest BCUT2D eigenvalue weighted by Gasteiger charge is -2.00. The number of nitro groups is 1. The SMILES string of the molecule is CSc1ccc([N+](=O)[O-])cc1C. The second-order valence-electron chi connectivity index (χ2n) is 2.41. The lowest BCUT2D eigenvalue weighted by atomic mass is 10.2. The van der Waals surface area contributed by atoms with Gasteiger partial charge in [-0.1, -0.05) is 0 Å². The van der Waals surface area contributed by atoms with Gasteiger partial charge in [-0.25, -0.2) is 0 Å². The number of thioether (sulfide) groups is 1. The molecule has 0 atom stereocenters. The molecule has 0 saturated heterocycles. The zero-order valence-corrected chi connectivity index (χ0v) is 7.72. The van der Waals surface area contributed by atoms with E-state index in [1.165, 1.54) is 6.07 Å². The lowest BCUT2D eigenvalue weighted by molar-refractivity contribution is -0.385. The van der Waals surface area contributed by atoms with Gasteiger partial charge in [0.25, 0.3) is 5.69 Å². The zero-order valence-electron chi connectivity index (χ0n) is 6.90. The van der Waals surface area contributed by atoms with E-state index in [0.717, 1.165) is 10.5 Å². The molecule has 1 aromatic carbocycles. The molecule has 0 spiro atoms. The maximum absolute atomic E-state index is 10.4. The normalized spacial score (nSPS) is 9.83. The van der Waals surface area contributed by atoms with Crippen molar-refractivity contribution in [1.29, 1.82) is 0 Å². The lowest BCUT2D eigenvalue weighted by Crippen LogP contribution is -1.88. The molecule has 3 nitrogen and oxygen atoms in total. The summed E-state index contributed by atoms with van der Waals surface area (Å²) < 4.78 is 0. The van der Waals surface area contributed by atoms with E-state index in [1.807, 2.05) is 13.2 Å². The van der Waals surface area contributed by atoms with Gasteiger partial charge in [0, 0.05) is 17.0 Å². The summed E-state index contributed by atoms with van der Waals surface area (Å²) in [5.41, 5.74) is 1.11. The van der Waals surface area contributed by atoms with Gasteiger partial charge in [-0.15, -0.1) is 11.8 Å². The van der Waals surface area contributed by atoms with Crippen molar-refractivity contribution in [2.75, 3.05) is 6.26 Å². The molecule has 0 unspecified atom stereocenters. The average molecular weight is 183 g/mol. The molecule has 64 valence electrons. The molecule has 0 aromatic heterocycles. The summed E-state index contributed by atoms with van der Waals surface area (Å²) in [7, 11) is 0. The highest BCUT2D eigenvalue weighted by Crippen LogP contribution is 2.23. The molecule has 0 bridgehead atoms. The smallest absolute Gasteiger partial charge is 0.258 e. The van der Waals surface area contributed by atoms with Crippen molar-refractivity contribution in [3.63, 3.8) is 0 Å². The summed E-state index contributed by atoms with van der Waals surface area (Å²) in [6.45, 7) is 1.87. The molecule has 0 saturated carbocycles. The Balaban J connectivity index is 3.10. The number of hydrogen-bond acceptors (Lipinski definition) is 3. The predicted molar refractivity (Wildman–Crippen MR) is 49.6 cm³/mol. The molecule has 0 amide bonds. The molecule has 0 fully saturated rings. The van der Waals surface area contributed by atoms with Crippen LogP contribution in [0.1, 0.15) is 5.56 Å². The fourth-order valence-corrected chi connectivity index (χ4v) is 1.56. The maximum Gasteiger partial charge on any atom is 0.269 e. The van der Waals surface area contributed by atoms with Crippen molar-refractivity contribution in [3.8, 4) is 0 Å². The van der Waals surface area contributed by atoms with E-state index in [4.69, 9.17) is 0 Å². The summed E-state index contributed by atoms with van der Waals surface area (Å²) >= 11 is 1.59. The Morgan fingerprint density at radius 1 is 1.50 bits per heavy atom. The number of nitro benzene ring substituents is 1. The summed E-state index contributed by atoms with van der Waals surface area (Å²) in [5.74, 6) is 0. The minimum atomic E-state index is -0.378. The first-order chi connectivity index (χ1) is 5.65. The topological polar surface area (TPSA) is 43.1 Å². The molecule has 0 aliphatic carbocycles. The molecule has 4 heteroatoms. The fourth-order valence-electron chi connectivity index (χ4n) is 0.976. The number of hydrogen-bond donors (Lipinski definition) is 0. The van der Waals surface area contributed by atoms with Crippen LogP contribution in [-0.2, 0) is 0 Å². The van der Waals surface area contributed by atoms with Crippen LogP contribution >= 0.6 is 11.8 Å². The Bertz CT molecular complexity index is 312. The Labute approximate surface area is 74.9 Å². The van der Waals surface area contributed by atoms with Crippen molar-refractivity contribution < 1.29 is 4.92 Å². The van der Waals surface area contributed by atoms with Gasteiger partial charge in [0.05, 0.1) is 4.92 Å². The van der Waals surface area contributed by atoms with Crippen LogP contribution in [0.3, 0.4) is 0 Å². The third-order valence-corrected chi connectivity index (χ3v) is 2.49. The zero-order chi connectivity index (χ0) is 9.14. The van der Waals surface area contributed by atoms with Crippen molar-refractivity contribution >= 4 is 17.4 Å². The number of rotatable bonds is 2. The fraction of sp³-hybridized carbons (Fsp3) is 0.250. The first-order valence-electron chi connectivity index (χ1n) is 3.44. The Morgan fingerprint density at radius 2 is 2.17 bits per heavy atom. The molecule has 12 heavy (non-hydrogen) atoms. The molecule has 0 aliphatic heterocycles. The minimum Gasteiger partial charge on any atom is -0.258 e. The van der Waals surface area contributed by atoms with Gasteiger partial charge in [0.15, 0.2) is 0 Å². The van der Waals surface area contributed by atoms with Crippen LogP contribution in [0.15, 0.2) is 23.1 Å².